The third-order valence-electron chi connectivity index (χ3n) is 5.45. The van der Waals surface area contributed by atoms with Crippen molar-refractivity contribution in [2.75, 3.05) is 13.7 Å². The van der Waals surface area contributed by atoms with Crippen LogP contribution in [0.2, 0.25) is 0 Å². The Morgan fingerprint density at radius 2 is 1.94 bits per heavy atom. The van der Waals surface area contributed by atoms with Crippen LogP contribution in [0.25, 0.3) is 22.2 Å². The van der Waals surface area contributed by atoms with E-state index in [9.17, 15) is 18.3 Å². The van der Waals surface area contributed by atoms with Gasteiger partial charge in [0.2, 0.25) is 0 Å². The number of hydrogen-bond donors (Lipinski definition) is 1. The Labute approximate surface area is 181 Å². The number of halogens is 3. The van der Waals surface area contributed by atoms with Crippen LogP contribution in [0, 0.1) is 5.41 Å². The second kappa shape index (κ2) is 8.67. The number of benzene rings is 1. The molecule has 2 aromatic heterocycles. The predicted octanol–water partition coefficient (Wildman–Crippen LogP) is 4.33. The standard InChI is InChI=1S/C23H26BF3N2O2/c1-14(31-4)20-16(6-5-9-28-20)21-18(11-22(2,3)13-30)17-10-15(24)7-8-19(17)29(21)12-23(25,26)27/h5-10,14,30H,11-13H2,1-4H3. The average molecular weight is 430 g/mol. The van der Waals surface area contributed by atoms with Crippen molar-refractivity contribution in [1.29, 1.82) is 0 Å². The van der Waals surface area contributed by atoms with Gasteiger partial charge in [-0.3, -0.25) is 4.98 Å². The largest absolute Gasteiger partial charge is 0.406 e. The summed E-state index contributed by atoms with van der Waals surface area (Å²) in [6.07, 6.45) is -2.89. The Balaban J connectivity index is 2.44. The molecule has 164 valence electrons. The fraction of sp³-hybridized carbons (Fsp3) is 0.435. The zero-order valence-electron chi connectivity index (χ0n) is 18.1. The lowest BCUT2D eigenvalue weighted by Crippen LogP contribution is -2.21. The van der Waals surface area contributed by atoms with Crippen molar-refractivity contribution in [3.05, 3.63) is 47.8 Å². The lowest BCUT2D eigenvalue weighted by Gasteiger charge is -2.24. The highest BCUT2D eigenvalue weighted by molar-refractivity contribution is 6.33. The minimum Gasteiger partial charge on any atom is -0.396 e. The summed E-state index contributed by atoms with van der Waals surface area (Å²) in [5.74, 6) is 0. The summed E-state index contributed by atoms with van der Waals surface area (Å²) < 4.78 is 47.7. The second-order valence-corrected chi connectivity index (χ2v) is 8.62. The number of nitrogens with zero attached hydrogens (tertiary/aromatic N) is 2. The topological polar surface area (TPSA) is 47.3 Å². The molecule has 0 saturated heterocycles. The number of aliphatic hydroxyl groups is 1. The highest BCUT2D eigenvalue weighted by Crippen LogP contribution is 2.41. The first kappa shape index (κ1) is 23.4. The van der Waals surface area contributed by atoms with Crippen LogP contribution in [0.1, 0.15) is 38.1 Å². The van der Waals surface area contributed by atoms with Gasteiger partial charge in [-0.05, 0) is 42.5 Å². The molecule has 2 radical (unpaired) electrons. The summed E-state index contributed by atoms with van der Waals surface area (Å²) in [5.41, 5.74) is 2.58. The number of fused-ring (bicyclic) bond motifs is 1. The highest BCUT2D eigenvalue weighted by Gasteiger charge is 2.33. The summed E-state index contributed by atoms with van der Waals surface area (Å²) in [6.45, 7) is 4.28. The van der Waals surface area contributed by atoms with E-state index >= 15 is 0 Å². The molecule has 8 heteroatoms. The van der Waals surface area contributed by atoms with Crippen molar-refractivity contribution >= 4 is 24.2 Å². The van der Waals surface area contributed by atoms with Crippen LogP contribution < -0.4 is 5.46 Å². The molecule has 0 saturated carbocycles. The van der Waals surface area contributed by atoms with Crippen molar-refractivity contribution in [3.8, 4) is 11.3 Å². The summed E-state index contributed by atoms with van der Waals surface area (Å²) in [6, 6.07) is 8.38. The van der Waals surface area contributed by atoms with Gasteiger partial charge < -0.3 is 14.4 Å². The van der Waals surface area contributed by atoms with Gasteiger partial charge in [-0.2, -0.15) is 13.2 Å². The number of methoxy groups -OCH3 is 1. The van der Waals surface area contributed by atoms with Crippen molar-refractivity contribution in [2.24, 2.45) is 5.41 Å². The van der Waals surface area contributed by atoms with E-state index in [0.717, 1.165) is 0 Å². The van der Waals surface area contributed by atoms with Crippen molar-refractivity contribution in [1.82, 2.24) is 9.55 Å². The Morgan fingerprint density at radius 1 is 1.23 bits per heavy atom. The minimum atomic E-state index is -4.43. The van der Waals surface area contributed by atoms with Crippen LogP contribution in [0.5, 0.6) is 0 Å². The lowest BCUT2D eigenvalue weighted by atomic mass is 9.83. The SMILES string of the molecule is [B]c1ccc2c(c1)c(CC(C)(C)CO)c(-c1cccnc1C(C)OC)n2CC(F)(F)F. The number of aromatic nitrogens is 2. The third kappa shape index (κ3) is 4.96. The molecule has 0 aliphatic heterocycles. The number of ether oxygens (including phenoxy) is 1. The first-order chi connectivity index (χ1) is 14.5. The smallest absolute Gasteiger partial charge is 0.396 e. The van der Waals surface area contributed by atoms with Crippen LogP contribution in [0.4, 0.5) is 13.2 Å². The monoisotopic (exact) mass is 430 g/mol. The zero-order valence-corrected chi connectivity index (χ0v) is 18.1. The molecule has 0 amide bonds. The predicted molar refractivity (Wildman–Crippen MR) is 117 cm³/mol. The molecule has 2 heterocycles. The van der Waals surface area contributed by atoms with Gasteiger partial charge in [0.05, 0.1) is 17.5 Å². The van der Waals surface area contributed by atoms with Gasteiger partial charge in [0.15, 0.2) is 0 Å². The van der Waals surface area contributed by atoms with Crippen molar-refractivity contribution < 1.29 is 23.0 Å². The average Bonchev–Trinajstić information content (AvgIpc) is 2.97. The van der Waals surface area contributed by atoms with Crippen LogP contribution in [0.3, 0.4) is 0 Å². The Bertz CT molecular complexity index is 1080. The van der Waals surface area contributed by atoms with E-state index in [1.54, 1.807) is 43.5 Å². The molecule has 1 atom stereocenters. The fourth-order valence-electron chi connectivity index (χ4n) is 3.86. The first-order valence-corrected chi connectivity index (χ1v) is 10.0. The van der Waals surface area contributed by atoms with E-state index < -0.39 is 24.2 Å². The van der Waals surface area contributed by atoms with Gasteiger partial charge >= 0.3 is 6.18 Å². The van der Waals surface area contributed by atoms with Crippen LogP contribution in [-0.2, 0) is 17.7 Å². The molecule has 0 spiro atoms. The molecular formula is C23H26BF3N2O2. The van der Waals surface area contributed by atoms with Gasteiger partial charge in [0.25, 0.3) is 0 Å². The molecule has 0 fully saturated rings. The second-order valence-electron chi connectivity index (χ2n) is 8.62. The Kier molecular flexibility index (Phi) is 6.53. The number of aliphatic hydroxyl groups excluding tert-OH is 1. The van der Waals surface area contributed by atoms with Crippen molar-refractivity contribution in [2.45, 2.75) is 46.0 Å². The molecule has 4 nitrogen and oxygen atoms in total. The molecule has 31 heavy (non-hydrogen) atoms. The molecule has 1 N–H and O–H groups in total. The van der Waals surface area contributed by atoms with Gasteiger partial charge in [0.1, 0.15) is 14.4 Å². The van der Waals surface area contributed by atoms with E-state index in [1.165, 1.54) is 11.7 Å². The Hall–Kier alpha value is -2.32. The highest BCUT2D eigenvalue weighted by atomic mass is 19.4. The molecule has 3 rings (SSSR count). The summed E-state index contributed by atoms with van der Waals surface area (Å²) in [5, 5.41) is 10.5. The molecular weight excluding hydrogens is 404 g/mol. The molecule has 0 aliphatic carbocycles. The first-order valence-electron chi connectivity index (χ1n) is 10.0. The van der Waals surface area contributed by atoms with E-state index in [4.69, 9.17) is 12.6 Å². The molecule has 1 unspecified atom stereocenters. The number of alkyl halides is 3. The maximum Gasteiger partial charge on any atom is 0.406 e. The maximum atomic E-state index is 13.7. The summed E-state index contributed by atoms with van der Waals surface area (Å²) >= 11 is 0. The maximum absolute atomic E-state index is 13.7. The van der Waals surface area contributed by atoms with Crippen LogP contribution in [-0.4, -0.2) is 42.4 Å². The summed E-state index contributed by atoms with van der Waals surface area (Å²) in [4.78, 5) is 4.42. The summed E-state index contributed by atoms with van der Waals surface area (Å²) in [7, 11) is 7.53. The lowest BCUT2D eigenvalue weighted by molar-refractivity contribution is -0.139. The zero-order chi connectivity index (χ0) is 23.0. The molecule has 1 aromatic carbocycles. The van der Waals surface area contributed by atoms with Gasteiger partial charge in [-0.25, -0.2) is 0 Å². The van der Waals surface area contributed by atoms with Gasteiger partial charge in [-0.15, -0.1) is 0 Å². The normalized spacial score (nSPS) is 13.7. The van der Waals surface area contributed by atoms with E-state index in [-0.39, 0.29) is 6.61 Å². The quantitative estimate of drug-likeness (QED) is 0.568. The Morgan fingerprint density at radius 3 is 2.55 bits per heavy atom. The number of hydrogen-bond acceptors (Lipinski definition) is 3. The molecule has 0 bridgehead atoms. The number of rotatable bonds is 7. The van der Waals surface area contributed by atoms with Crippen LogP contribution in [0.15, 0.2) is 36.5 Å². The molecule has 3 aromatic rings. The van der Waals surface area contributed by atoms with Gasteiger partial charge in [-0.1, -0.05) is 31.4 Å². The minimum absolute atomic E-state index is 0.116. The fourth-order valence-corrected chi connectivity index (χ4v) is 3.86. The van der Waals surface area contributed by atoms with Crippen molar-refractivity contribution in [3.63, 3.8) is 0 Å². The van der Waals surface area contributed by atoms with E-state index in [0.29, 0.717) is 45.3 Å². The van der Waals surface area contributed by atoms with Crippen LogP contribution >= 0.6 is 0 Å². The molecule has 0 aliphatic rings. The number of pyridine rings is 1. The van der Waals surface area contributed by atoms with E-state index in [2.05, 4.69) is 4.98 Å². The van der Waals surface area contributed by atoms with Gasteiger partial charge in [0, 0.05) is 36.4 Å². The van der Waals surface area contributed by atoms with E-state index in [1.807, 2.05) is 13.8 Å². The third-order valence-corrected chi connectivity index (χ3v) is 5.45.